The molecule has 1 aromatic heterocycles. The van der Waals surface area contributed by atoms with Gasteiger partial charge in [-0.2, -0.15) is 4.98 Å². The maximum absolute atomic E-state index is 12.5. The molecule has 10 heteroatoms. The number of primary amides is 1. The van der Waals surface area contributed by atoms with Crippen LogP contribution in [0.2, 0.25) is 0 Å². The van der Waals surface area contributed by atoms with Crippen molar-refractivity contribution in [1.82, 2.24) is 25.1 Å². The molecule has 0 radical (unpaired) electrons. The molecule has 4 heterocycles. The molecule has 3 aromatic rings. The lowest BCUT2D eigenvalue weighted by Gasteiger charge is -2.42. The summed E-state index contributed by atoms with van der Waals surface area (Å²) in [5, 5.41) is 6.60. The van der Waals surface area contributed by atoms with E-state index < -0.39 is 5.91 Å². The minimum Gasteiger partial charge on any atom is -0.471 e. The van der Waals surface area contributed by atoms with Crippen molar-refractivity contribution in [3.05, 3.63) is 60.3 Å². The number of carbonyl (C=O) groups excluding carboxylic acids is 1. The quantitative estimate of drug-likeness (QED) is 0.386. The SMILES string of the molecule is CN1CCN(C2CCN(c3ccc(Nc4nc(O[C@@H]5CCNC5)c(-c5ccccc5)nc4C(N)=O)cc3)CC2)CC1. The summed E-state index contributed by atoms with van der Waals surface area (Å²) >= 11 is 0. The van der Waals surface area contributed by atoms with Crippen LogP contribution in [0.3, 0.4) is 0 Å². The third-order valence-corrected chi connectivity index (χ3v) is 8.45. The first-order valence-corrected chi connectivity index (χ1v) is 14.7. The number of carbonyl (C=O) groups is 1. The highest BCUT2D eigenvalue weighted by molar-refractivity contribution is 5.97. The van der Waals surface area contributed by atoms with Crippen molar-refractivity contribution < 1.29 is 9.53 Å². The van der Waals surface area contributed by atoms with Gasteiger partial charge in [0.1, 0.15) is 11.8 Å². The van der Waals surface area contributed by atoms with Crippen molar-refractivity contribution in [2.75, 3.05) is 69.6 Å². The van der Waals surface area contributed by atoms with Gasteiger partial charge in [0.25, 0.3) is 5.91 Å². The maximum atomic E-state index is 12.5. The number of nitrogens with zero attached hydrogens (tertiary/aromatic N) is 5. The zero-order valence-electron chi connectivity index (χ0n) is 23.8. The number of ether oxygens (including phenoxy) is 1. The number of likely N-dealkylation sites (N-methyl/N-ethyl adjacent to an activating group) is 1. The molecule has 0 saturated carbocycles. The molecule has 4 N–H and O–H groups in total. The van der Waals surface area contributed by atoms with Gasteiger partial charge < -0.3 is 30.9 Å². The lowest BCUT2D eigenvalue weighted by molar-refractivity contribution is 0.0982. The Morgan fingerprint density at radius 1 is 0.951 bits per heavy atom. The Balaban J connectivity index is 1.18. The fourth-order valence-electron chi connectivity index (χ4n) is 6.00. The van der Waals surface area contributed by atoms with Crippen LogP contribution in [0.25, 0.3) is 11.3 Å². The first kappa shape index (κ1) is 27.4. The third kappa shape index (κ3) is 6.45. The molecule has 3 fully saturated rings. The highest BCUT2D eigenvalue weighted by Crippen LogP contribution is 2.32. The van der Waals surface area contributed by atoms with Crippen molar-refractivity contribution in [2.24, 2.45) is 5.73 Å². The lowest BCUT2D eigenvalue weighted by atomic mass is 10.0. The van der Waals surface area contributed by atoms with Crippen LogP contribution in [0.5, 0.6) is 5.88 Å². The summed E-state index contributed by atoms with van der Waals surface area (Å²) in [6.45, 7) is 8.42. The van der Waals surface area contributed by atoms with E-state index in [9.17, 15) is 4.79 Å². The van der Waals surface area contributed by atoms with Crippen molar-refractivity contribution in [2.45, 2.75) is 31.4 Å². The van der Waals surface area contributed by atoms with Crippen molar-refractivity contribution >= 4 is 23.1 Å². The van der Waals surface area contributed by atoms with Gasteiger partial charge in [0.2, 0.25) is 5.88 Å². The van der Waals surface area contributed by atoms with E-state index in [2.05, 4.69) is 49.5 Å². The zero-order valence-corrected chi connectivity index (χ0v) is 23.8. The summed E-state index contributed by atoms with van der Waals surface area (Å²) in [5.74, 6) is 0.0298. The molecule has 0 aliphatic carbocycles. The Hall–Kier alpha value is -3.73. The second kappa shape index (κ2) is 12.4. The highest BCUT2D eigenvalue weighted by atomic mass is 16.5. The van der Waals surface area contributed by atoms with Gasteiger partial charge in [-0.05, 0) is 57.1 Å². The van der Waals surface area contributed by atoms with Crippen LogP contribution in [0.4, 0.5) is 17.2 Å². The molecule has 216 valence electrons. The van der Waals surface area contributed by atoms with Gasteiger partial charge in [0, 0.05) is 68.8 Å². The molecule has 0 spiro atoms. The summed E-state index contributed by atoms with van der Waals surface area (Å²) in [5.41, 5.74) is 9.18. The number of hydrogen-bond acceptors (Lipinski definition) is 9. The molecule has 1 atom stereocenters. The molecule has 41 heavy (non-hydrogen) atoms. The zero-order chi connectivity index (χ0) is 28.2. The average Bonchev–Trinajstić information content (AvgIpc) is 3.52. The number of amides is 1. The van der Waals surface area contributed by atoms with Crippen molar-refractivity contribution in [1.29, 1.82) is 0 Å². The number of anilines is 3. The predicted molar refractivity (Wildman–Crippen MR) is 162 cm³/mol. The van der Waals surface area contributed by atoms with E-state index >= 15 is 0 Å². The lowest BCUT2D eigenvalue weighted by Crippen LogP contribution is -2.52. The molecule has 10 nitrogen and oxygen atoms in total. The number of piperazine rings is 1. The molecule has 3 aliphatic rings. The summed E-state index contributed by atoms with van der Waals surface area (Å²) in [6.07, 6.45) is 3.24. The Kier molecular flexibility index (Phi) is 8.31. The number of rotatable bonds is 8. The van der Waals surface area contributed by atoms with Gasteiger partial charge in [-0.1, -0.05) is 30.3 Å². The molecule has 0 unspecified atom stereocenters. The van der Waals surface area contributed by atoms with Crippen LogP contribution in [-0.2, 0) is 0 Å². The fraction of sp³-hybridized carbons (Fsp3) is 0.452. The van der Waals surface area contributed by atoms with Crippen molar-refractivity contribution in [3.8, 4) is 17.1 Å². The molecule has 0 bridgehead atoms. The summed E-state index contributed by atoms with van der Waals surface area (Å²) in [6, 6.07) is 18.6. The normalized spacial score (nSPS) is 20.7. The van der Waals surface area contributed by atoms with E-state index in [0.29, 0.717) is 23.4 Å². The van der Waals surface area contributed by atoms with E-state index in [1.54, 1.807) is 0 Å². The third-order valence-electron chi connectivity index (χ3n) is 8.45. The Morgan fingerprint density at radius 3 is 2.34 bits per heavy atom. The summed E-state index contributed by atoms with van der Waals surface area (Å²) < 4.78 is 6.29. The number of piperidine rings is 1. The molecular weight excluding hydrogens is 516 g/mol. The van der Waals surface area contributed by atoms with Gasteiger partial charge in [-0.15, -0.1) is 0 Å². The standard InChI is InChI=1S/C31H40N8O2/c1-37-17-19-39(20-18-37)25-12-15-38(16-13-25)24-9-7-23(8-10-24)34-30-28(29(32)40)35-27(22-5-3-2-4-6-22)31(36-30)41-26-11-14-33-21-26/h2-10,25-26,33H,11-21H2,1H3,(H2,32,40)(H,34,36)/t26-/m1/s1. The minimum absolute atomic E-state index is 0.0151. The van der Waals surface area contributed by atoms with Crippen LogP contribution in [-0.4, -0.2) is 97.2 Å². The first-order chi connectivity index (χ1) is 20.0. The fourth-order valence-corrected chi connectivity index (χ4v) is 6.00. The second-order valence-corrected chi connectivity index (χ2v) is 11.3. The smallest absolute Gasteiger partial charge is 0.271 e. The number of hydrogen-bond donors (Lipinski definition) is 3. The van der Waals surface area contributed by atoms with E-state index in [4.69, 9.17) is 15.5 Å². The number of benzene rings is 2. The molecule has 2 aromatic carbocycles. The van der Waals surface area contributed by atoms with Crippen molar-refractivity contribution in [3.63, 3.8) is 0 Å². The maximum Gasteiger partial charge on any atom is 0.271 e. The summed E-state index contributed by atoms with van der Waals surface area (Å²) in [7, 11) is 2.21. The van der Waals surface area contributed by atoms with E-state index in [0.717, 1.165) is 56.9 Å². The number of nitrogens with two attached hydrogens (primary N) is 1. The van der Waals surface area contributed by atoms with Crippen LogP contribution >= 0.6 is 0 Å². The van der Waals surface area contributed by atoms with Crippen LogP contribution in [0, 0.1) is 0 Å². The number of nitrogens with one attached hydrogen (secondary N) is 2. The predicted octanol–water partition coefficient (Wildman–Crippen LogP) is 2.94. The monoisotopic (exact) mass is 556 g/mol. The van der Waals surface area contributed by atoms with Gasteiger partial charge >= 0.3 is 0 Å². The van der Waals surface area contributed by atoms with Crippen LogP contribution < -0.4 is 26.0 Å². The topological polar surface area (TPSA) is 112 Å². The molecule has 3 aliphatic heterocycles. The van der Waals surface area contributed by atoms with Gasteiger partial charge in [-0.25, -0.2) is 4.98 Å². The Labute approximate surface area is 241 Å². The highest BCUT2D eigenvalue weighted by Gasteiger charge is 2.27. The van der Waals surface area contributed by atoms with E-state index in [1.807, 2.05) is 42.5 Å². The van der Waals surface area contributed by atoms with Crippen LogP contribution in [0.1, 0.15) is 29.8 Å². The Morgan fingerprint density at radius 2 is 1.68 bits per heavy atom. The molecule has 3 saturated heterocycles. The first-order valence-electron chi connectivity index (χ1n) is 14.7. The van der Waals surface area contributed by atoms with E-state index in [-0.39, 0.29) is 11.8 Å². The Bertz CT molecular complexity index is 1310. The second-order valence-electron chi connectivity index (χ2n) is 11.3. The molecule has 6 rings (SSSR count). The molecular formula is C31H40N8O2. The van der Waals surface area contributed by atoms with Gasteiger partial charge in [0.05, 0.1) is 0 Å². The number of aromatic nitrogens is 2. The molecule has 1 amide bonds. The average molecular weight is 557 g/mol. The summed E-state index contributed by atoms with van der Waals surface area (Å²) in [4.78, 5) is 29.4. The van der Waals surface area contributed by atoms with Gasteiger partial charge in [0.15, 0.2) is 11.5 Å². The largest absolute Gasteiger partial charge is 0.471 e. The van der Waals surface area contributed by atoms with Gasteiger partial charge in [-0.3, -0.25) is 9.69 Å². The minimum atomic E-state index is -0.647. The van der Waals surface area contributed by atoms with E-state index in [1.165, 1.54) is 31.6 Å². The van der Waals surface area contributed by atoms with Crippen LogP contribution in [0.15, 0.2) is 54.6 Å².